The van der Waals surface area contributed by atoms with Gasteiger partial charge in [-0.3, -0.25) is 4.79 Å². The zero-order chi connectivity index (χ0) is 16.5. The van der Waals surface area contributed by atoms with Crippen molar-refractivity contribution in [1.82, 2.24) is 5.32 Å². The van der Waals surface area contributed by atoms with E-state index in [1.54, 1.807) is 17.8 Å². The molecule has 1 amide bonds. The van der Waals surface area contributed by atoms with Crippen molar-refractivity contribution in [1.29, 1.82) is 0 Å². The second kappa shape index (κ2) is 10.4. The second-order valence-electron chi connectivity index (χ2n) is 5.87. The van der Waals surface area contributed by atoms with E-state index < -0.39 is 0 Å². The van der Waals surface area contributed by atoms with Gasteiger partial charge in [-0.1, -0.05) is 36.2 Å². The van der Waals surface area contributed by atoms with E-state index in [1.165, 1.54) is 4.90 Å². The number of carbonyl (C=O) groups is 1. The number of benzene rings is 1. The number of hydrogen-bond donors (Lipinski definition) is 2. The molecule has 0 unspecified atom stereocenters. The summed E-state index contributed by atoms with van der Waals surface area (Å²) in [4.78, 5) is 13.2. The SMILES string of the molecule is C[C@H](CNC(=O)CCSCc1ccc(Cl)c(Cl)c1)C[NH+](C)C. The topological polar surface area (TPSA) is 33.5 Å². The first kappa shape index (κ1) is 19.6. The molecule has 22 heavy (non-hydrogen) atoms. The van der Waals surface area contributed by atoms with Crippen molar-refractivity contribution in [2.45, 2.75) is 19.1 Å². The van der Waals surface area contributed by atoms with Gasteiger partial charge in [0.25, 0.3) is 0 Å². The Hall–Kier alpha value is -0.420. The molecule has 0 fully saturated rings. The van der Waals surface area contributed by atoms with Crippen LogP contribution in [0.3, 0.4) is 0 Å². The minimum Gasteiger partial charge on any atom is -0.356 e. The Kier molecular flexibility index (Phi) is 9.25. The lowest BCUT2D eigenvalue weighted by molar-refractivity contribution is -0.861. The standard InChI is InChI=1S/C16H24Cl2N2OS/c1-12(10-20(2)3)9-19-16(21)6-7-22-11-13-4-5-14(17)15(18)8-13/h4-5,8,12H,6-7,9-11H2,1-3H3,(H,19,21)/p+1/t12-/m1/s1. The van der Waals surface area contributed by atoms with E-state index in [4.69, 9.17) is 23.2 Å². The molecule has 1 rings (SSSR count). The fourth-order valence-corrected chi connectivity index (χ4v) is 3.34. The van der Waals surface area contributed by atoms with E-state index in [0.717, 1.165) is 30.2 Å². The summed E-state index contributed by atoms with van der Waals surface area (Å²) >= 11 is 13.6. The Balaban J connectivity index is 2.16. The van der Waals surface area contributed by atoms with E-state index in [9.17, 15) is 4.79 Å². The zero-order valence-corrected chi connectivity index (χ0v) is 15.7. The van der Waals surface area contributed by atoms with Gasteiger partial charge >= 0.3 is 0 Å². The quantitative estimate of drug-likeness (QED) is 0.661. The minimum absolute atomic E-state index is 0.127. The Bertz CT molecular complexity index is 483. The predicted molar refractivity (Wildman–Crippen MR) is 97.1 cm³/mol. The van der Waals surface area contributed by atoms with E-state index in [0.29, 0.717) is 22.4 Å². The van der Waals surface area contributed by atoms with Crippen molar-refractivity contribution < 1.29 is 9.69 Å². The lowest BCUT2D eigenvalue weighted by Crippen LogP contribution is -3.06. The van der Waals surface area contributed by atoms with Crippen LogP contribution < -0.4 is 10.2 Å². The molecule has 2 N–H and O–H groups in total. The number of amides is 1. The molecule has 0 aliphatic rings. The summed E-state index contributed by atoms with van der Waals surface area (Å²) in [6.07, 6.45) is 0.549. The molecule has 1 atom stereocenters. The number of thioether (sulfide) groups is 1. The largest absolute Gasteiger partial charge is 0.356 e. The van der Waals surface area contributed by atoms with Crippen LogP contribution in [0.25, 0.3) is 0 Å². The Morgan fingerprint density at radius 3 is 2.68 bits per heavy atom. The molecule has 0 aromatic heterocycles. The molecule has 1 aromatic carbocycles. The van der Waals surface area contributed by atoms with Gasteiger partial charge in [0.2, 0.25) is 5.91 Å². The maximum atomic E-state index is 11.8. The highest BCUT2D eigenvalue weighted by atomic mass is 35.5. The third-order valence-corrected chi connectivity index (χ3v) is 4.90. The highest BCUT2D eigenvalue weighted by molar-refractivity contribution is 7.98. The highest BCUT2D eigenvalue weighted by Crippen LogP contribution is 2.24. The first-order chi connectivity index (χ1) is 10.4. The Labute approximate surface area is 147 Å². The van der Waals surface area contributed by atoms with Gasteiger partial charge in [-0.25, -0.2) is 0 Å². The Morgan fingerprint density at radius 1 is 1.32 bits per heavy atom. The molecule has 1 aromatic rings. The smallest absolute Gasteiger partial charge is 0.220 e. The maximum Gasteiger partial charge on any atom is 0.220 e. The third-order valence-electron chi connectivity index (χ3n) is 3.13. The molecule has 6 heteroatoms. The fourth-order valence-electron chi connectivity index (χ4n) is 2.13. The van der Waals surface area contributed by atoms with Crippen molar-refractivity contribution in [2.24, 2.45) is 5.92 Å². The number of rotatable bonds is 9. The second-order valence-corrected chi connectivity index (χ2v) is 7.79. The van der Waals surface area contributed by atoms with Gasteiger partial charge in [-0.05, 0) is 17.7 Å². The first-order valence-corrected chi connectivity index (χ1v) is 9.37. The number of hydrogen-bond acceptors (Lipinski definition) is 2. The summed E-state index contributed by atoms with van der Waals surface area (Å²) in [7, 11) is 4.25. The summed E-state index contributed by atoms with van der Waals surface area (Å²) in [5.41, 5.74) is 1.13. The summed E-state index contributed by atoms with van der Waals surface area (Å²) < 4.78 is 0. The van der Waals surface area contributed by atoms with Crippen LogP contribution in [0.4, 0.5) is 0 Å². The van der Waals surface area contributed by atoms with Crippen LogP contribution in [-0.4, -0.2) is 38.8 Å². The van der Waals surface area contributed by atoms with Crippen LogP contribution >= 0.6 is 35.0 Å². The average molecular weight is 364 g/mol. The van der Waals surface area contributed by atoms with E-state index >= 15 is 0 Å². The predicted octanol–water partition coefficient (Wildman–Crippen LogP) is 2.51. The minimum atomic E-state index is 0.127. The number of halogens is 2. The summed E-state index contributed by atoms with van der Waals surface area (Å²) in [5, 5.41) is 4.15. The van der Waals surface area contributed by atoms with E-state index in [2.05, 4.69) is 26.3 Å². The highest BCUT2D eigenvalue weighted by Gasteiger charge is 2.08. The summed E-state index contributed by atoms with van der Waals surface area (Å²) in [6, 6.07) is 5.65. The normalized spacial score (nSPS) is 12.5. The van der Waals surface area contributed by atoms with Gasteiger partial charge in [0.15, 0.2) is 0 Å². The summed E-state index contributed by atoms with van der Waals surface area (Å²) in [6.45, 7) is 3.97. The molecule has 0 bridgehead atoms. The van der Waals surface area contributed by atoms with Crippen LogP contribution in [0.15, 0.2) is 18.2 Å². The molecule has 3 nitrogen and oxygen atoms in total. The van der Waals surface area contributed by atoms with Gasteiger partial charge in [0.05, 0.1) is 30.7 Å². The Morgan fingerprint density at radius 2 is 2.05 bits per heavy atom. The lowest BCUT2D eigenvalue weighted by atomic mass is 10.1. The van der Waals surface area contributed by atoms with Gasteiger partial charge in [-0.15, -0.1) is 0 Å². The van der Waals surface area contributed by atoms with Gasteiger partial charge < -0.3 is 10.2 Å². The van der Waals surface area contributed by atoms with Crippen LogP contribution in [-0.2, 0) is 10.5 Å². The molecule has 124 valence electrons. The van der Waals surface area contributed by atoms with Gasteiger partial charge in [-0.2, -0.15) is 11.8 Å². The monoisotopic (exact) mass is 363 g/mol. The van der Waals surface area contributed by atoms with Gasteiger partial charge in [0.1, 0.15) is 0 Å². The van der Waals surface area contributed by atoms with Crippen LogP contribution in [0.5, 0.6) is 0 Å². The molecular weight excluding hydrogens is 339 g/mol. The number of quaternary nitrogens is 1. The van der Waals surface area contributed by atoms with Gasteiger partial charge in [0, 0.05) is 30.4 Å². The van der Waals surface area contributed by atoms with E-state index in [-0.39, 0.29) is 5.91 Å². The van der Waals surface area contributed by atoms with Crippen LogP contribution in [0, 0.1) is 5.92 Å². The molecule has 0 heterocycles. The molecule has 0 aliphatic heterocycles. The van der Waals surface area contributed by atoms with Crippen molar-refractivity contribution in [3.05, 3.63) is 33.8 Å². The van der Waals surface area contributed by atoms with Crippen molar-refractivity contribution >= 4 is 40.9 Å². The summed E-state index contributed by atoms with van der Waals surface area (Å²) in [5.74, 6) is 2.27. The molecule has 0 saturated carbocycles. The van der Waals surface area contributed by atoms with Crippen molar-refractivity contribution in [3.8, 4) is 0 Å². The number of carbonyl (C=O) groups excluding carboxylic acids is 1. The molecule has 0 radical (unpaired) electrons. The molecule has 0 spiro atoms. The van der Waals surface area contributed by atoms with E-state index in [1.807, 2.05) is 12.1 Å². The van der Waals surface area contributed by atoms with Crippen molar-refractivity contribution in [3.63, 3.8) is 0 Å². The fraction of sp³-hybridized carbons (Fsp3) is 0.562. The lowest BCUT2D eigenvalue weighted by Gasteiger charge is -2.15. The molecule has 0 aliphatic carbocycles. The zero-order valence-electron chi connectivity index (χ0n) is 13.4. The van der Waals surface area contributed by atoms with Crippen LogP contribution in [0.2, 0.25) is 10.0 Å². The first-order valence-electron chi connectivity index (χ1n) is 7.46. The third kappa shape index (κ3) is 8.28. The number of nitrogens with one attached hydrogen (secondary N) is 2. The molecular formula is C16H25Cl2N2OS+. The van der Waals surface area contributed by atoms with Crippen molar-refractivity contribution in [2.75, 3.05) is 32.9 Å². The average Bonchev–Trinajstić information content (AvgIpc) is 2.44. The maximum absolute atomic E-state index is 11.8. The molecule has 0 saturated heterocycles. The van der Waals surface area contributed by atoms with Crippen LogP contribution in [0.1, 0.15) is 18.9 Å².